The van der Waals surface area contributed by atoms with Crippen LogP contribution in [-0.4, -0.2) is 4.92 Å². The molecule has 92 valence electrons. The molecule has 0 spiro atoms. The van der Waals surface area contributed by atoms with Crippen LogP contribution in [0.1, 0.15) is 0 Å². The van der Waals surface area contributed by atoms with Gasteiger partial charge in [0.25, 0.3) is 5.69 Å². The number of nitro groups is 1. The molecule has 0 saturated heterocycles. The monoisotopic (exact) mass is 244 g/mol. The third kappa shape index (κ3) is 2.23. The van der Waals surface area contributed by atoms with Gasteiger partial charge in [-0.15, -0.1) is 0 Å². The lowest BCUT2D eigenvalue weighted by Crippen LogP contribution is -2.25. The molecule has 18 heavy (non-hydrogen) atoms. The smallest absolute Gasteiger partial charge is 0.296 e. The lowest BCUT2D eigenvalue weighted by atomic mass is 10.2. The Hall–Kier alpha value is -2.60. The Labute approximate surface area is 104 Å². The summed E-state index contributed by atoms with van der Waals surface area (Å²) in [5.74, 6) is 5.89. The molecule has 0 aromatic heterocycles. The lowest BCUT2D eigenvalue weighted by molar-refractivity contribution is -0.384. The van der Waals surface area contributed by atoms with Crippen molar-refractivity contribution in [2.45, 2.75) is 0 Å². The normalized spacial score (nSPS) is 10.1. The Bertz CT molecular complexity index is 572. The van der Waals surface area contributed by atoms with Crippen molar-refractivity contribution in [1.82, 2.24) is 0 Å². The van der Waals surface area contributed by atoms with Gasteiger partial charge in [-0.25, -0.2) is 5.84 Å². The van der Waals surface area contributed by atoms with E-state index in [0.717, 1.165) is 0 Å². The Morgan fingerprint density at radius 2 is 1.78 bits per heavy atom. The van der Waals surface area contributed by atoms with Crippen LogP contribution in [0.15, 0.2) is 48.5 Å². The van der Waals surface area contributed by atoms with Gasteiger partial charge < -0.3 is 5.73 Å². The van der Waals surface area contributed by atoms with Crippen LogP contribution in [-0.2, 0) is 0 Å². The molecule has 0 aliphatic carbocycles. The number of benzene rings is 2. The number of anilines is 3. The first-order chi connectivity index (χ1) is 8.59. The molecule has 2 rings (SSSR count). The van der Waals surface area contributed by atoms with E-state index in [1.165, 1.54) is 17.1 Å². The Morgan fingerprint density at radius 3 is 2.39 bits per heavy atom. The number of nitrogen functional groups attached to an aromatic ring is 1. The molecule has 0 unspecified atom stereocenters. The number of nitro benzene ring substituents is 1. The molecule has 4 N–H and O–H groups in total. The van der Waals surface area contributed by atoms with Gasteiger partial charge in [0.05, 0.1) is 10.6 Å². The van der Waals surface area contributed by atoms with E-state index >= 15 is 0 Å². The molecule has 0 bridgehead atoms. The molecular formula is C12H12N4O2. The fourth-order valence-corrected chi connectivity index (χ4v) is 1.62. The van der Waals surface area contributed by atoms with Crippen LogP contribution >= 0.6 is 0 Å². The molecule has 0 fully saturated rings. The summed E-state index contributed by atoms with van der Waals surface area (Å²) in [5.41, 5.74) is 6.69. The average Bonchev–Trinajstić information content (AvgIpc) is 2.39. The summed E-state index contributed by atoms with van der Waals surface area (Å²) in [6, 6.07) is 13.4. The summed E-state index contributed by atoms with van der Waals surface area (Å²) in [4.78, 5) is 10.5. The number of hydrogen-bond acceptors (Lipinski definition) is 5. The number of hydrazine groups is 1. The highest BCUT2D eigenvalue weighted by atomic mass is 16.6. The highest BCUT2D eigenvalue weighted by Crippen LogP contribution is 2.32. The maximum absolute atomic E-state index is 11.0. The van der Waals surface area contributed by atoms with Gasteiger partial charge >= 0.3 is 0 Å². The SMILES string of the molecule is Nc1ccc(N(N)c2ccccc2)c([N+](=O)[O-])c1. The van der Waals surface area contributed by atoms with Gasteiger partial charge in [0, 0.05) is 11.8 Å². The Balaban J connectivity index is 2.48. The number of para-hydroxylation sites is 1. The molecule has 0 saturated carbocycles. The summed E-state index contributed by atoms with van der Waals surface area (Å²) in [6.45, 7) is 0. The first kappa shape index (κ1) is 11.9. The molecule has 0 aliphatic heterocycles. The minimum Gasteiger partial charge on any atom is -0.399 e. The lowest BCUT2D eigenvalue weighted by Gasteiger charge is -2.18. The van der Waals surface area contributed by atoms with E-state index in [0.29, 0.717) is 17.1 Å². The second kappa shape index (κ2) is 4.72. The fourth-order valence-electron chi connectivity index (χ4n) is 1.62. The Morgan fingerprint density at radius 1 is 1.11 bits per heavy atom. The van der Waals surface area contributed by atoms with Crippen LogP contribution < -0.4 is 16.6 Å². The van der Waals surface area contributed by atoms with Crippen LogP contribution in [0.5, 0.6) is 0 Å². The van der Waals surface area contributed by atoms with E-state index in [-0.39, 0.29) is 5.69 Å². The number of nitrogens with two attached hydrogens (primary N) is 2. The third-order valence-electron chi connectivity index (χ3n) is 2.49. The van der Waals surface area contributed by atoms with Crippen LogP contribution in [0.2, 0.25) is 0 Å². The second-order valence-electron chi connectivity index (χ2n) is 3.71. The fraction of sp³-hybridized carbons (Fsp3) is 0. The predicted molar refractivity (Wildman–Crippen MR) is 70.3 cm³/mol. The van der Waals surface area contributed by atoms with E-state index in [1.54, 1.807) is 30.3 Å². The maximum Gasteiger partial charge on any atom is 0.296 e. The number of rotatable bonds is 3. The highest BCUT2D eigenvalue weighted by molar-refractivity contribution is 5.73. The predicted octanol–water partition coefficient (Wildman–Crippen LogP) is 2.19. The van der Waals surface area contributed by atoms with Gasteiger partial charge in [-0.1, -0.05) is 18.2 Å². The summed E-state index contributed by atoms with van der Waals surface area (Å²) < 4.78 is 0. The van der Waals surface area contributed by atoms with Crippen molar-refractivity contribution in [3.63, 3.8) is 0 Å². The van der Waals surface area contributed by atoms with Gasteiger partial charge in [0.1, 0.15) is 5.69 Å². The zero-order valence-corrected chi connectivity index (χ0v) is 9.48. The van der Waals surface area contributed by atoms with Crippen LogP contribution in [0.3, 0.4) is 0 Å². The van der Waals surface area contributed by atoms with Crippen molar-refractivity contribution < 1.29 is 4.92 Å². The summed E-state index contributed by atoms with van der Waals surface area (Å²) in [6.07, 6.45) is 0. The molecule has 2 aromatic carbocycles. The minimum atomic E-state index is -0.505. The number of nitrogens with zero attached hydrogens (tertiary/aromatic N) is 2. The largest absolute Gasteiger partial charge is 0.399 e. The summed E-state index contributed by atoms with van der Waals surface area (Å²) >= 11 is 0. The summed E-state index contributed by atoms with van der Waals surface area (Å²) in [5, 5.41) is 12.2. The average molecular weight is 244 g/mol. The van der Waals surface area contributed by atoms with Crippen molar-refractivity contribution in [2.75, 3.05) is 10.7 Å². The van der Waals surface area contributed by atoms with Crippen molar-refractivity contribution in [2.24, 2.45) is 5.84 Å². The standard InChI is InChI=1S/C12H12N4O2/c13-9-6-7-11(12(8-9)16(17)18)15(14)10-4-2-1-3-5-10/h1-8H,13-14H2. The molecule has 6 nitrogen and oxygen atoms in total. The van der Waals surface area contributed by atoms with Gasteiger partial charge in [-0.2, -0.15) is 0 Å². The van der Waals surface area contributed by atoms with Crippen molar-refractivity contribution >= 4 is 22.7 Å². The first-order valence-electron chi connectivity index (χ1n) is 5.23. The first-order valence-corrected chi connectivity index (χ1v) is 5.23. The maximum atomic E-state index is 11.0. The van der Waals surface area contributed by atoms with E-state index in [9.17, 15) is 10.1 Å². The molecule has 0 heterocycles. The highest BCUT2D eigenvalue weighted by Gasteiger charge is 2.18. The van der Waals surface area contributed by atoms with E-state index in [2.05, 4.69) is 0 Å². The zero-order chi connectivity index (χ0) is 13.1. The Kier molecular flexibility index (Phi) is 3.11. The second-order valence-corrected chi connectivity index (χ2v) is 3.71. The van der Waals surface area contributed by atoms with Crippen molar-refractivity contribution in [3.05, 3.63) is 58.6 Å². The topological polar surface area (TPSA) is 98.4 Å². The molecule has 6 heteroatoms. The number of hydrogen-bond donors (Lipinski definition) is 2. The van der Waals surface area contributed by atoms with Gasteiger partial charge in [0.15, 0.2) is 0 Å². The van der Waals surface area contributed by atoms with E-state index < -0.39 is 4.92 Å². The molecule has 2 aromatic rings. The molecular weight excluding hydrogens is 232 g/mol. The van der Waals surface area contributed by atoms with E-state index in [4.69, 9.17) is 11.6 Å². The van der Waals surface area contributed by atoms with Gasteiger partial charge in [0.2, 0.25) is 0 Å². The van der Waals surface area contributed by atoms with Crippen molar-refractivity contribution in [3.8, 4) is 0 Å². The van der Waals surface area contributed by atoms with Crippen LogP contribution in [0, 0.1) is 10.1 Å². The van der Waals surface area contributed by atoms with E-state index in [1.807, 2.05) is 6.07 Å². The molecule has 0 radical (unpaired) electrons. The molecule has 0 amide bonds. The quantitative estimate of drug-likeness (QED) is 0.373. The minimum absolute atomic E-state index is 0.124. The molecule has 0 atom stereocenters. The third-order valence-corrected chi connectivity index (χ3v) is 2.49. The van der Waals surface area contributed by atoms with Crippen LogP contribution in [0.4, 0.5) is 22.7 Å². The zero-order valence-electron chi connectivity index (χ0n) is 9.48. The van der Waals surface area contributed by atoms with Crippen LogP contribution in [0.25, 0.3) is 0 Å². The van der Waals surface area contributed by atoms with Crippen molar-refractivity contribution in [1.29, 1.82) is 0 Å². The molecule has 0 aliphatic rings. The van der Waals surface area contributed by atoms with Gasteiger partial charge in [-0.05, 0) is 24.3 Å². The summed E-state index contributed by atoms with van der Waals surface area (Å²) in [7, 11) is 0. The van der Waals surface area contributed by atoms with Gasteiger partial charge in [-0.3, -0.25) is 15.1 Å².